The molecule has 0 radical (unpaired) electrons. The second-order valence-corrected chi connectivity index (χ2v) is 7.52. The molecule has 29 heavy (non-hydrogen) atoms. The lowest BCUT2D eigenvalue weighted by molar-refractivity contribution is 0.744. The maximum absolute atomic E-state index is 3.64. The molecule has 140 valence electrons. The highest BCUT2D eigenvalue weighted by molar-refractivity contribution is 5.88. The van der Waals surface area contributed by atoms with E-state index in [1.54, 1.807) is 0 Å². The van der Waals surface area contributed by atoms with Crippen LogP contribution in [0.2, 0.25) is 0 Å². The first kappa shape index (κ1) is 17.5. The Labute approximate surface area is 171 Å². The monoisotopic (exact) mass is 373 g/mol. The molecular weight excluding hydrogens is 350 g/mol. The lowest BCUT2D eigenvalue weighted by Crippen LogP contribution is -2.31. The normalized spacial score (nSPS) is 11.6. The second-order valence-electron chi connectivity index (χ2n) is 7.52. The van der Waals surface area contributed by atoms with Crippen LogP contribution in [0.4, 0.5) is 0 Å². The first-order chi connectivity index (χ1) is 14.3. The second kappa shape index (κ2) is 7.10. The van der Waals surface area contributed by atoms with E-state index >= 15 is 0 Å². The Morgan fingerprint density at radius 3 is 1.41 bits per heavy atom. The van der Waals surface area contributed by atoms with Crippen molar-refractivity contribution in [1.82, 2.24) is 4.98 Å². The number of aryl methyl sites for hydroxylation is 1. The Balaban J connectivity index is 2.00. The van der Waals surface area contributed by atoms with Crippen LogP contribution < -0.4 is 0 Å². The van der Waals surface area contributed by atoms with E-state index in [0.717, 1.165) is 0 Å². The van der Waals surface area contributed by atoms with Gasteiger partial charge < -0.3 is 4.98 Å². The van der Waals surface area contributed by atoms with E-state index in [4.69, 9.17) is 0 Å². The molecular formula is C28H23N. The van der Waals surface area contributed by atoms with Crippen LogP contribution in [0, 0.1) is 6.92 Å². The molecule has 1 nitrogen and oxygen atoms in total. The Kier molecular flexibility index (Phi) is 4.29. The summed E-state index contributed by atoms with van der Waals surface area (Å²) in [6.07, 6.45) is 0. The molecule has 0 bridgehead atoms. The minimum Gasteiger partial charge on any atom is -0.358 e. The molecule has 0 aliphatic heterocycles. The number of aromatic amines is 1. The van der Waals surface area contributed by atoms with Crippen molar-refractivity contribution in [2.75, 3.05) is 0 Å². The van der Waals surface area contributed by atoms with Crippen LogP contribution in [0.3, 0.4) is 0 Å². The van der Waals surface area contributed by atoms with Gasteiger partial charge in [-0.1, -0.05) is 109 Å². The molecule has 5 rings (SSSR count). The highest BCUT2D eigenvalue weighted by Crippen LogP contribution is 2.48. The summed E-state index contributed by atoms with van der Waals surface area (Å²) in [5, 5.41) is 1.27. The molecule has 4 aromatic carbocycles. The minimum atomic E-state index is -0.409. The summed E-state index contributed by atoms with van der Waals surface area (Å²) >= 11 is 0. The summed E-state index contributed by atoms with van der Waals surface area (Å²) in [7, 11) is 0. The van der Waals surface area contributed by atoms with Gasteiger partial charge in [-0.25, -0.2) is 0 Å². The molecule has 5 aromatic rings. The van der Waals surface area contributed by atoms with E-state index in [0.29, 0.717) is 0 Å². The molecule has 1 heterocycles. The van der Waals surface area contributed by atoms with Crippen molar-refractivity contribution in [3.05, 3.63) is 143 Å². The number of aromatic nitrogens is 1. The van der Waals surface area contributed by atoms with E-state index in [1.807, 2.05) is 0 Å². The SMILES string of the molecule is Cc1[nH]c2ccccc2c1C(c1ccccc1)(c1ccccc1)c1ccccc1. The van der Waals surface area contributed by atoms with Crippen LogP contribution >= 0.6 is 0 Å². The molecule has 0 aliphatic carbocycles. The van der Waals surface area contributed by atoms with Crippen LogP contribution in [0.1, 0.15) is 27.9 Å². The Hall–Kier alpha value is -3.58. The van der Waals surface area contributed by atoms with Gasteiger partial charge in [0, 0.05) is 16.6 Å². The molecule has 1 N–H and O–H groups in total. The molecule has 1 heteroatoms. The molecule has 0 unspecified atom stereocenters. The van der Waals surface area contributed by atoms with Gasteiger partial charge in [-0.3, -0.25) is 0 Å². The molecule has 0 spiro atoms. The third-order valence-electron chi connectivity index (χ3n) is 5.89. The molecule has 1 aromatic heterocycles. The van der Waals surface area contributed by atoms with Crippen LogP contribution in [0.5, 0.6) is 0 Å². The molecule has 0 fully saturated rings. The van der Waals surface area contributed by atoms with Gasteiger partial charge in [0.05, 0.1) is 5.41 Å². The van der Waals surface area contributed by atoms with Gasteiger partial charge in [0.2, 0.25) is 0 Å². The van der Waals surface area contributed by atoms with Crippen molar-refractivity contribution in [2.24, 2.45) is 0 Å². The van der Waals surface area contributed by atoms with E-state index < -0.39 is 5.41 Å². The first-order valence-electron chi connectivity index (χ1n) is 10.1. The van der Waals surface area contributed by atoms with Crippen LogP contribution in [-0.2, 0) is 5.41 Å². The lowest BCUT2D eigenvalue weighted by atomic mass is 9.64. The number of hydrogen-bond donors (Lipinski definition) is 1. The van der Waals surface area contributed by atoms with Crippen LogP contribution in [0.15, 0.2) is 115 Å². The zero-order valence-electron chi connectivity index (χ0n) is 16.5. The topological polar surface area (TPSA) is 15.8 Å². The van der Waals surface area contributed by atoms with Gasteiger partial charge in [0.25, 0.3) is 0 Å². The number of H-pyrrole nitrogens is 1. The fraction of sp³-hybridized carbons (Fsp3) is 0.0714. The summed E-state index contributed by atoms with van der Waals surface area (Å²) in [6, 6.07) is 41.2. The molecule has 0 atom stereocenters. The van der Waals surface area contributed by atoms with Gasteiger partial charge >= 0.3 is 0 Å². The highest BCUT2D eigenvalue weighted by atomic mass is 14.7. The molecule has 0 amide bonds. The Morgan fingerprint density at radius 1 is 0.517 bits per heavy atom. The van der Waals surface area contributed by atoms with Gasteiger partial charge in [0.1, 0.15) is 0 Å². The van der Waals surface area contributed by atoms with Crippen molar-refractivity contribution in [1.29, 1.82) is 0 Å². The zero-order chi connectivity index (χ0) is 19.7. The predicted octanol–water partition coefficient (Wildman–Crippen LogP) is 6.86. The summed E-state index contributed by atoms with van der Waals surface area (Å²) in [5.74, 6) is 0. The summed E-state index contributed by atoms with van der Waals surface area (Å²) in [6.45, 7) is 2.19. The number of rotatable bonds is 4. The molecule has 0 saturated heterocycles. The van der Waals surface area contributed by atoms with Crippen molar-refractivity contribution >= 4 is 10.9 Å². The Bertz CT molecular complexity index is 1140. The van der Waals surface area contributed by atoms with Gasteiger partial charge in [-0.2, -0.15) is 0 Å². The first-order valence-corrected chi connectivity index (χ1v) is 10.1. The molecule has 0 aliphatic rings. The van der Waals surface area contributed by atoms with Gasteiger partial charge in [-0.15, -0.1) is 0 Å². The number of para-hydroxylation sites is 1. The van der Waals surface area contributed by atoms with Gasteiger partial charge in [-0.05, 0) is 35.2 Å². The summed E-state index contributed by atoms with van der Waals surface area (Å²) in [4.78, 5) is 3.64. The van der Waals surface area contributed by atoms with E-state index in [2.05, 4.69) is 127 Å². The third kappa shape index (κ3) is 2.70. The Morgan fingerprint density at radius 2 is 0.931 bits per heavy atom. The maximum Gasteiger partial charge on any atom is 0.0725 e. The summed E-state index contributed by atoms with van der Waals surface area (Å²) < 4.78 is 0. The highest BCUT2D eigenvalue weighted by Gasteiger charge is 2.41. The average Bonchev–Trinajstić information content (AvgIpc) is 3.13. The maximum atomic E-state index is 3.64. The average molecular weight is 373 g/mol. The minimum absolute atomic E-state index is 0.409. The molecule has 0 saturated carbocycles. The third-order valence-corrected chi connectivity index (χ3v) is 5.89. The lowest BCUT2D eigenvalue weighted by Gasteiger charge is -2.37. The smallest absolute Gasteiger partial charge is 0.0725 e. The van der Waals surface area contributed by atoms with Crippen molar-refractivity contribution < 1.29 is 0 Å². The fourth-order valence-corrected chi connectivity index (χ4v) is 4.76. The van der Waals surface area contributed by atoms with E-state index in [-0.39, 0.29) is 0 Å². The van der Waals surface area contributed by atoms with E-state index in [9.17, 15) is 0 Å². The summed E-state index contributed by atoms with van der Waals surface area (Å²) in [5.41, 5.74) is 7.08. The number of nitrogens with one attached hydrogen (secondary N) is 1. The predicted molar refractivity (Wildman–Crippen MR) is 121 cm³/mol. The van der Waals surface area contributed by atoms with Crippen LogP contribution in [0.25, 0.3) is 10.9 Å². The van der Waals surface area contributed by atoms with Crippen molar-refractivity contribution in [3.8, 4) is 0 Å². The fourth-order valence-electron chi connectivity index (χ4n) is 4.76. The quantitative estimate of drug-likeness (QED) is 0.331. The van der Waals surface area contributed by atoms with Crippen LogP contribution in [-0.4, -0.2) is 4.98 Å². The number of benzene rings is 4. The van der Waals surface area contributed by atoms with E-state index in [1.165, 1.54) is 38.9 Å². The number of fused-ring (bicyclic) bond motifs is 1. The van der Waals surface area contributed by atoms with Crippen molar-refractivity contribution in [2.45, 2.75) is 12.3 Å². The standard InChI is InChI=1S/C28H23N/c1-21-27(25-19-11-12-20-26(25)29-21)28(22-13-5-2-6-14-22,23-15-7-3-8-16-23)24-17-9-4-10-18-24/h2-20,29H,1H3. The number of hydrogen-bond acceptors (Lipinski definition) is 0. The largest absolute Gasteiger partial charge is 0.358 e. The zero-order valence-corrected chi connectivity index (χ0v) is 16.5. The van der Waals surface area contributed by atoms with Crippen molar-refractivity contribution in [3.63, 3.8) is 0 Å². The van der Waals surface area contributed by atoms with Gasteiger partial charge in [0.15, 0.2) is 0 Å².